The Morgan fingerprint density at radius 1 is 1.37 bits per heavy atom. The summed E-state index contributed by atoms with van der Waals surface area (Å²) in [6.45, 7) is 0.0660. The molecule has 0 aliphatic heterocycles. The maximum atomic E-state index is 11.7. The average molecular weight is 327 g/mol. The molecule has 5 nitrogen and oxygen atoms in total. The van der Waals surface area contributed by atoms with Gasteiger partial charge in [-0.15, -0.1) is 0 Å². The average Bonchev–Trinajstić information content (AvgIpc) is 2.43. The Balaban J connectivity index is 2.46. The van der Waals surface area contributed by atoms with E-state index >= 15 is 0 Å². The van der Waals surface area contributed by atoms with Gasteiger partial charge in [-0.1, -0.05) is 15.9 Å². The van der Waals surface area contributed by atoms with E-state index in [1.807, 2.05) is 0 Å². The molecule has 0 aliphatic rings. The van der Waals surface area contributed by atoms with Gasteiger partial charge in [-0.05, 0) is 18.2 Å². The Kier molecular flexibility index (Phi) is 4.34. The molecule has 0 saturated heterocycles. The Morgan fingerprint density at radius 2 is 2.16 bits per heavy atom. The van der Waals surface area contributed by atoms with Crippen molar-refractivity contribution in [1.82, 2.24) is 0 Å². The zero-order chi connectivity index (χ0) is 13.8. The van der Waals surface area contributed by atoms with Gasteiger partial charge in [-0.3, -0.25) is 4.79 Å². The summed E-state index contributed by atoms with van der Waals surface area (Å²) in [4.78, 5) is 23.2. The molecule has 0 bridgehead atoms. The van der Waals surface area contributed by atoms with Gasteiger partial charge in [-0.2, -0.15) is 0 Å². The van der Waals surface area contributed by atoms with Gasteiger partial charge in [-0.25, -0.2) is 4.79 Å². The quantitative estimate of drug-likeness (QED) is 0.514. The van der Waals surface area contributed by atoms with E-state index in [0.717, 1.165) is 0 Å². The second kappa shape index (κ2) is 5.99. The van der Waals surface area contributed by atoms with Crippen LogP contribution in [0.5, 0.6) is 5.75 Å². The number of ether oxygens (including phenoxy) is 1. The monoisotopic (exact) mass is 326 g/mol. The van der Waals surface area contributed by atoms with Crippen LogP contribution in [-0.4, -0.2) is 29.4 Å². The zero-order valence-corrected chi connectivity index (χ0v) is 11.5. The number of rotatable bonds is 5. The summed E-state index contributed by atoms with van der Waals surface area (Å²) in [7, 11) is 0. The van der Waals surface area contributed by atoms with Crippen molar-refractivity contribution < 1.29 is 19.1 Å². The predicted molar refractivity (Wildman–Crippen MR) is 73.2 cm³/mol. The third-order valence-corrected chi connectivity index (χ3v) is 3.00. The molecule has 0 fully saturated rings. The summed E-state index contributed by atoms with van der Waals surface area (Å²) >= 11 is 3.02. The van der Waals surface area contributed by atoms with Crippen LogP contribution >= 0.6 is 15.9 Å². The molecular weight excluding hydrogens is 316 g/mol. The Morgan fingerprint density at radius 3 is 2.84 bits per heavy atom. The molecule has 19 heavy (non-hydrogen) atoms. The van der Waals surface area contributed by atoms with Crippen LogP contribution in [0.1, 0.15) is 10.4 Å². The number of hydrogen-bond donors (Lipinski definition) is 1. The van der Waals surface area contributed by atoms with Crippen molar-refractivity contribution in [3.05, 3.63) is 40.2 Å². The zero-order valence-electron chi connectivity index (χ0n) is 9.89. The number of benzene rings is 1. The molecule has 0 unspecified atom stereocenters. The molecule has 1 aromatic carbocycles. The summed E-state index contributed by atoms with van der Waals surface area (Å²) < 4.78 is 10.3. The molecule has 1 aromatic heterocycles. The Bertz CT molecular complexity index is 662. The first-order valence-electron chi connectivity index (χ1n) is 5.56. The number of carbonyl (C=O) groups excluding carboxylic acids is 1. The van der Waals surface area contributed by atoms with Crippen LogP contribution in [0.2, 0.25) is 0 Å². The van der Waals surface area contributed by atoms with Gasteiger partial charge < -0.3 is 14.3 Å². The molecule has 0 amide bonds. The van der Waals surface area contributed by atoms with Crippen LogP contribution in [0.3, 0.4) is 0 Å². The summed E-state index contributed by atoms with van der Waals surface area (Å²) in [5.41, 5.74) is -0.309. The van der Waals surface area contributed by atoms with Crippen LogP contribution in [0, 0.1) is 0 Å². The Hall–Kier alpha value is -1.66. The molecule has 0 saturated carbocycles. The standard InChI is InChI=1S/C13H11BrO5/c14-7-11(16)10-5-8-1-2-9(18-4-3-15)6-12(8)19-13(10)17/h1-2,5-6,15H,3-4,7H2. The highest BCUT2D eigenvalue weighted by Crippen LogP contribution is 2.20. The number of ketones is 1. The van der Waals surface area contributed by atoms with E-state index in [-0.39, 0.29) is 29.9 Å². The van der Waals surface area contributed by atoms with Gasteiger partial charge in [0.15, 0.2) is 5.78 Å². The number of halogens is 1. The molecular formula is C13H11BrO5. The topological polar surface area (TPSA) is 76.7 Å². The molecule has 0 spiro atoms. The van der Waals surface area contributed by atoms with E-state index in [1.54, 1.807) is 18.2 Å². The second-order valence-electron chi connectivity index (χ2n) is 3.78. The highest BCUT2D eigenvalue weighted by molar-refractivity contribution is 9.09. The van der Waals surface area contributed by atoms with Crippen molar-refractivity contribution in [3.63, 3.8) is 0 Å². The first-order chi connectivity index (χ1) is 9.15. The van der Waals surface area contributed by atoms with Crippen LogP contribution in [-0.2, 0) is 0 Å². The highest BCUT2D eigenvalue weighted by Gasteiger charge is 2.12. The molecule has 100 valence electrons. The van der Waals surface area contributed by atoms with Gasteiger partial charge in [0, 0.05) is 11.5 Å². The van der Waals surface area contributed by atoms with E-state index in [9.17, 15) is 9.59 Å². The first kappa shape index (κ1) is 13.8. The smallest absolute Gasteiger partial charge is 0.347 e. The van der Waals surface area contributed by atoms with Gasteiger partial charge in [0.05, 0.1) is 11.9 Å². The minimum atomic E-state index is -0.670. The lowest BCUT2D eigenvalue weighted by Crippen LogP contribution is -2.14. The Labute approximate surface area is 116 Å². The lowest BCUT2D eigenvalue weighted by atomic mass is 10.1. The third-order valence-electron chi connectivity index (χ3n) is 2.49. The van der Waals surface area contributed by atoms with Crippen molar-refractivity contribution in [2.24, 2.45) is 0 Å². The van der Waals surface area contributed by atoms with Crippen molar-refractivity contribution in [2.75, 3.05) is 18.5 Å². The van der Waals surface area contributed by atoms with Gasteiger partial charge >= 0.3 is 5.63 Å². The summed E-state index contributed by atoms with van der Waals surface area (Å²) in [6.07, 6.45) is 0. The van der Waals surface area contributed by atoms with Crippen molar-refractivity contribution in [1.29, 1.82) is 0 Å². The summed E-state index contributed by atoms with van der Waals surface area (Å²) in [5, 5.41) is 9.38. The van der Waals surface area contributed by atoms with Crippen molar-refractivity contribution in [3.8, 4) is 5.75 Å². The molecule has 6 heteroatoms. The van der Waals surface area contributed by atoms with Crippen LogP contribution in [0.15, 0.2) is 33.5 Å². The fourth-order valence-corrected chi connectivity index (χ4v) is 1.91. The maximum absolute atomic E-state index is 11.7. The first-order valence-corrected chi connectivity index (χ1v) is 6.68. The van der Waals surface area contributed by atoms with E-state index < -0.39 is 5.63 Å². The lowest BCUT2D eigenvalue weighted by molar-refractivity contribution is 0.102. The van der Waals surface area contributed by atoms with Crippen molar-refractivity contribution >= 4 is 32.7 Å². The summed E-state index contributed by atoms with van der Waals surface area (Å²) in [6, 6.07) is 6.42. The SMILES string of the molecule is O=C(CBr)c1cc2ccc(OCCO)cc2oc1=O. The number of hydrogen-bond acceptors (Lipinski definition) is 5. The second-order valence-corrected chi connectivity index (χ2v) is 4.34. The molecule has 0 atom stereocenters. The minimum Gasteiger partial charge on any atom is -0.491 e. The predicted octanol–water partition coefficient (Wildman–Crippen LogP) is 1.74. The van der Waals surface area contributed by atoms with Crippen LogP contribution in [0.4, 0.5) is 0 Å². The van der Waals surface area contributed by atoms with Crippen molar-refractivity contribution in [2.45, 2.75) is 0 Å². The molecule has 0 radical (unpaired) electrons. The van der Waals surface area contributed by atoms with E-state index in [0.29, 0.717) is 16.7 Å². The number of alkyl halides is 1. The van der Waals surface area contributed by atoms with Gasteiger partial charge in [0.2, 0.25) is 0 Å². The van der Waals surface area contributed by atoms with Crippen LogP contribution < -0.4 is 10.4 Å². The van der Waals surface area contributed by atoms with E-state index in [4.69, 9.17) is 14.3 Å². The molecule has 1 heterocycles. The third kappa shape index (κ3) is 3.02. The largest absolute Gasteiger partial charge is 0.491 e. The summed E-state index contributed by atoms with van der Waals surface area (Å²) in [5.74, 6) is 0.167. The van der Waals surface area contributed by atoms with Crippen LogP contribution in [0.25, 0.3) is 11.0 Å². The molecule has 1 N–H and O–H groups in total. The highest BCUT2D eigenvalue weighted by atomic mass is 79.9. The molecule has 0 aliphatic carbocycles. The fraction of sp³-hybridized carbons (Fsp3) is 0.231. The van der Waals surface area contributed by atoms with E-state index in [1.165, 1.54) is 6.07 Å². The fourth-order valence-electron chi connectivity index (χ4n) is 1.61. The minimum absolute atomic E-state index is 0.0217. The number of fused-ring (bicyclic) bond motifs is 1. The number of aliphatic hydroxyl groups is 1. The number of aliphatic hydroxyl groups excluding tert-OH is 1. The lowest BCUT2D eigenvalue weighted by Gasteiger charge is -2.05. The number of carbonyl (C=O) groups is 1. The van der Waals surface area contributed by atoms with Gasteiger partial charge in [0.1, 0.15) is 23.5 Å². The molecule has 2 rings (SSSR count). The molecule has 2 aromatic rings. The van der Waals surface area contributed by atoms with E-state index in [2.05, 4.69) is 15.9 Å². The van der Waals surface area contributed by atoms with Gasteiger partial charge in [0.25, 0.3) is 0 Å². The number of Topliss-reactive ketones (excluding diaryl/α,β-unsaturated/α-hetero) is 1. The maximum Gasteiger partial charge on any atom is 0.347 e. The normalized spacial score (nSPS) is 10.6.